The Morgan fingerprint density at radius 3 is 2.72 bits per heavy atom. The number of methoxy groups -OCH3 is 1. The molecule has 25 heavy (non-hydrogen) atoms. The molecule has 3 aromatic rings. The van der Waals surface area contributed by atoms with Crippen LogP contribution in [0.3, 0.4) is 0 Å². The lowest BCUT2D eigenvalue weighted by atomic mass is 10.1. The Balaban J connectivity index is 1.72. The van der Waals surface area contributed by atoms with Crippen molar-refractivity contribution in [2.45, 2.75) is 13.0 Å². The number of hydrogen-bond donors (Lipinski definition) is 1. The lowest BCUT2D eigenvalue weighted by Gasteiger charge is -2.13. The van der Waals surface area contributed by atoms with Crippen molar-refractivity contribution in [1.82, 2.24) is 20.3 Å². The van der Waals surface area contributed by atoms with E-state index in [9.17, 15) is 4.79 Å². The second kappa shape index (κ2) is 7.53. The van der Waals surface area contributed by atoms with Gasteiger partial charge in [-0.25, -0.2) is 9.97 Å². The Kier molecular flexibility index (Phi) is 4.99. The van der Waals surface area contributed by atoms with E-state index >= 15 is 0 Å². The predicted molar refractivity (Wildman–Crippen MR) is 94.1 cm³/mol. The van der Waals surface area contributed by atoms with Gasteiger partial charge in [0.1, 0.15) is 12.1 Å². The Labute approximate surface area is 145 Å². The summed E-state index contributed by atoms with van der Waals surface area (Å²) in [6.45, 7) is 1.87. The number of pyridine rings is 1. The fourth-order valence-corrected chi connectivity index (χ4v) is 2.39. The lowest BCUT2D eigenvalue weighted by Crippen LogP contribution is -2.27. The van der Waals surface area contributed by atoms with Crippen LogP contribution >= 0.6 is 0 Å². The van der Waals surface area contributed by atoms with E-state index in [2.05, 4.69) is 20.3 Å². The van der Waals surface area contributed by atoms with Crippen molar-refractivity contribution in [3.63, 3.8) is 0 Å². The SMILES string of the molecule is COc1cccc(-c2ccc(C(=O)NC(C)c3ccncn3)cn2)c1. The average molecular weight is 334 g/mol. The van der Waals surface area contributed by atoms with Crippen LogP contribution in [0.4, 0.5) is 0 Å². The summed E-state index contributed by atoms with van der Waals surface area (Å²) in [5.41, 5.74) is 2.96. The molecule has 0 spiro atoms. The van der Waals surface area contributed by atoms with E-state index in [4.69, 9.17) is 4.74 Å². The van der Waals surface area contributed by atoms with Gasteiger partial charge >= 0.3 is 0 Å². The first-order valence-corrected chi connectivity index (χ1v) is 7.84. The zero-order valence-corrected chi connectivity index (χ0v) is 14.0. The van der Waals surface area contributed by atoms with E-state index in [0.717, 1.165) is 22.7 Å². The smallest absolute Gasteiger partial charge is 0.253 e. The Morgan fingerprint density at radius 1 is 1.16 bits per heavy atom. The molecular formula is C19H18N4O2. The van der Waals surface area contributed by atoms with Gasteiger partial charge in [-0.1, -0.05) is 12.1 Å². The number of ether oxygens (including phenoxy) is 1. The highest BCUT2D eigenvalue weighted by atomic mass is 16.5. The summed E-state index contributed by atoms with van der Waals surface area (Å²) in [6.07, 6.45) is 4.68. The molecule has 1 N–H and O–H groups in total. The van der Waals surface area contributed by atoms with Crippen LogP contribution in [0.15, 0.2) is 61.2 Å². The van der Waals surface area contributed by atoms with Crippen molar-refractivity contribution in [2.75, 3.05) is 7.11 Å². The van der Waals surface area contributed by atoms with Crippen LogP contribution in [0.1, 0.15) is 29.0 Å². The number of nitrogens with zero attached hydrogens (tertiary/aromatic N) is 3. The van der Waals surface area contributed by atoms with Crippen LogP contribution in [-0.2, 0) is 0 Å². The van der Waals surface area contributed by atoms with Crippen LogP contribution in [-0.4, -0.2) is 28.0 Å². The fraction of sp³-hybridized carbons (Fsp3) is 0.158. The molecule has 2 aromatic heterocycles. The Morgan fingerprint density at radius 2 is 2.04 bits per heavy atom. The summed E-state index contributed by atoms with van der Waals surface area (Å²) in [4.78, 5) is 24.8. The zero-order valence-electron chi connectivity index (χ0n) is 14.0. The summed E-state index contributed by atoms with van der Waals surface area (Å²) in [6, 6.07) is 12.8. The first-order chi connectivity index (χ1) is 12.2. The van der Waals surface area contributed by atoms with Crippen LogP contribution in [0.25, 0.3) is 11.3 Å². The molecule has 6 heteroatoms. The number of aromatic nitrogens is 3. The molecule has 0 aliphatic carbocycles. The minimum Gasteiger partial charge on any atom is -0.497 e. The van der Waals surface area contributed by atoms with Gasteiger partial charge < -0.3 is 10.1 Å². The summed E-state index contributed by atoms with van der Waals surface area (Å²) in [7, 11) is 1.62. The minimum atomic E-state index is -0.214. The maximum absolute atomic E-state index is 12.4. The van der Waals surface area contributed by atoms with Gasteiger partial charge in [-0.3, -0.25) is 9.78 Å². The monoisotopic (exact) mass is 334 g/mol. The van der Waals surface area contributed by atoms with Crippen molar-refractivity contribution in [3.05, 3.63) is 72.4 Å². The summed E-state index contributed by atoms with van der Waals surface area (Å²) < 4.78 is 5.22. The molecule has 0 saturated carbocycles. The van der Waals surface area contributed by atoms with Gasteiger partial charge in [-0.15, -0.1) is 0 Å². The normalized spacial score (nSPS) is 11.6. The summed E-state index contributed by atoms with van der Waals surface area (Å²) in [5.74, 6) is 0.565. The molecule has 0 bridgehead atoms. The number of carbonyl (C=O) groups excluding carboxylic acids is 1. The second-order valence-corrected chi connectivity index (χ2v) is 5.49. The molecule has 0 fully saturated rings. The van der Waals surface area contributed by atoms with Gasteiger partial charge in [-0.05, 0) is 37.3 Å². The topological polar surface area (TPSA) is 77.0 Å². The third-order valence-corrected chi connectivity index (χ3v) is 3.79. The molecule has 126 valence electrons. The van der Waals surface area contributed by atoms with E-state index in [1.165, 1.54) is 6.33 Å². The number of benzene rings is 1. The van der Waals surface area contributed by atoms with Crippen molar-refractivity contribution in [3.8, 4) is 17.0 Å². The second-order valence-electron chi connectivity index (χ2n) is 5.49. The molecule has 1 unspecified atom stereocenters. The Hall–Kier alpha value is -3.28. The number of rotatable bonds is 5. The van der Waals surface area contributed by atoms with Crippen molar-refractivity contribution in [1.29, 1.82) is 0 Å². The molecule has 0 saturated heterocycles. The molecule has 0 radical (unpaired) electrons. The van der Waals surface area contributed by atoms with Crippen molar-refractivity contribution in [2.24, 2.45) is 0 Å². The van der Waals surface area contributed by atoms with Crippen LogP contribution in [0.5, 0.6) is 5.75 Å². The Bertz CT molecular complexity index is 851. The quantitative estimate of drug-likeness (QED) is 0.776. The van der Waals surface area contributed by atoms with E-state index < -0.39 is 0 Å². The van der Waals surface area contributed by atoms with Gasteiger partial charge in [0.25, 0.3) is 5.91 Å². The molecule has 0 aliphatic rings. The molecule has 2 heterocycles. The molecule has 1 amide bonds. The van der Waals surface area contributed by atoms with Gasteiger partial charge in [-0.2, -0.15) is 0 Å². The highest BCUT2D eigenvalue weighted by Gasteiger charge is 2.13. The molecule has 0 aliphatic heterocycles. The maximum Gasteiger partial charge on any atom is 0.253 e. The van der Waals surface area contributed by atoms with E-state index in [1.54, 1.807) is 31.6 Å². The van der Waals surface area contributed by atoms with Gasteiger partial charge in [0.15, 0.2) is 0 Å². The molecule has 1 atom stereocenters. The average Bonchev–Trinajstić information content (AvgIpc) is 2.68. The molecule has 6 nitrogen and oxygen atoms in total. The lowest BCUT2D eigenvalue weighted by molar-refractivity contribution is 0.0938. The highest BCUT2D eigenvalue weighted by molar-refractivity contribution is 5.94. The molecule has 1 aromatic carbocycles. The van der Waals surface area contributed by atoms with E-state index in [1.807, 2.05) is 37.3 Å². The fourth-order valence-electron chi connectivity index (χ4n) is 2.39. The van der Waals surface area contributed by atoms with Crippen molar-refractivity contribution < 1.29 is 9.53 Å². The van der Waals surface area contributed by atoms with E-state index in [0.29, 0.717) is 5.56 Å². The number of hydrogen-bond acceptors (Lipinski definition) is 5. The summed E-state index contributed by atoms with van der Waals surface area (Å²) >= 11 is 0. The van der Waals surface area contributed by atoms with Crippen LogP contribution < -0.4 is 10.1 Å². The van der Waals surface area contributed by atoms with E-state index in [-0.39, 0.29) is 11.9 Å². The number of amides is 1. The van der Waals surface area contributed by atoms with Gasteiger partial charge in [0.05, 0.1) is 30.1 Å². The molecular weight excluding hydrogens is 316 g/mol. The zero-order chi connectivity index (χ0) is 17.6. The van der Waals surface area contributed by atoms with Crippen LogP contribution in [0.2, 0.25) is 0 Å². The van der Waals surface area contributed by atoms with Crippen LogP contribution in [0, 0.1) is 0 Å². The third-order valence-electron chi connectivity index (χ3n) is 3.79. The minimum absolute atomic E-state index is 0.198. The first kappa shape index (κ1) is 16.6. The number of carbonyl (C=O) groups is 1. The maximum atomic E-state index is 12.4. The standard InChI is InChI=1S/C19H18N4O2/c1-13(17-8-9-20-12-22-17)23-19(24)15-6-7-18(21-11-15)14-4-3-5-16(10-14)25-2/h3-13H,1-2H3,(H,23,24). The summed E-state index contributed by atoms with van der Waals surface area (Å²) in [5, 5.41) is 2.90. The van der Waals surface area contributed by atoms with Crippen molar-refractivity contribution >= 4 is 5.91 Å². The largest absolute Gasteiger partial charge is 0.497 e. The number of nitrogens with one attached hydrogen (secondary N) is 1. The highest BCUT2D eigenvalue weighted by Crippen LogP contribution is 2.22. The predicted octanol–water partition coefficient (Wildman–Crippen LogP) is 3.04. The van der Waals surface area contributed by atoms with Gasteiger partial charge in [0, 0.05) is 18.0 Å². The third kappa shape index (κ3) is 3.98. The first-order valence-electron chi connectivity index (χ1n) is 7.84. The van der Waals surface area contributed by atoms with Gasteiger partial charge in [0.2, 0.25) is 0 Å². The molecule has 3 rings (SSSR count).